The molecule has 0 atom stereocenters. The van der Waals surface area contributed by atoms with Gasteiger partial charge in [-0.25, -0.2) is 4.79 Å². The summed E-state index contributed by atoms with van der Waals surface area (Å²) in [5.74, 6) is -0.203. The lowest BCUT2D eigenvalue weighted by Gasteiger charge is -2.31. The number of tetrazole rings is 1. The Morgan fingerprint density at radius 1 is 1.11 bits per heavy atom. The SMILES string of the molecule is O=C(O)c1ccc(CNC(=O)C2CCN(c3ccc4nnnn4n3)CC2)cc1. The Labute approximate surface area is 160 Å². The molecule has 1 fully saturated rings. The van der Waals surface area contributed by atoms with Gasteiger partial charge in [-0.1, -0.05) is 12.1 Å². The largest absolute Gasteiger partial charge is 0.478 e. The number of aromatic nitrogens is 5. The van der Waals surface area contributed by atoms with Crippen LogP contribution in [0.5, 0.6) is 0 Å². The van der Waals surface area contributed by atoms with Crippen LogP contribution < -0.4 is 10.2 Å². The lowest BCUT2D eigenvalue weighted by molar-refractivity contribution is -0.125. The van der Waals surface area contributed by atoms with Gasteiger partial charge in [0.15, 0.2) is 11.5 Å². The van der Waals surface area contributed by atoms with E-state index in [1.54, 1.807) is 12.1 Å². The molecule has 3 heterocycles. The highest BCUT2D eigenvalue weighted by Crippen LogP contribution is 2.22. The summed E-state index contributed by atoms with van der Waals surface area (Å²) >= 11 is 0. The number of nitrogens with one attached hydrogen (secondary N) is 1. The zero-order chi connectivity index (χ0) is 19.5. The Morgan fingerprint density at radius 3 is 2.57 bits per heavy atom. The topological polar surface area (TPSA) is 126 Å². The van der Waals surface area contributed by atoms with Crippen molar-refractivity contribution in [3.05, 3.63) is 47.5 Å². The van der Waals surface area contributed by atoms with Crippen molar-refractivity contribution in [3.8, 4) is 0 Å². The molecule has 1 aliphatic rings. The maximum Gasteiger partial charge on any atom is 0.335 e. The van der Waals surface area contributed by atoms with Gasteiger partial charge < -0.3 is 15.3 Å². The molecule has 0 unspecified atom stereocenters. The van der Waals surface area contributed by atoms with Crippen molar-refractivity contribution in [2.75, 3.05) is 18.0 Å². The number of aromatic carboxylic acids is 1. The van der Waals surface area contributed by atoms with E-state index in [-0.39, 0.29) is 17.4 Å². The van der Waals surface area contributed by atoms with E-state index in [2.05, 4.69) is 30.8 Å². The second kappa shape index (κ2) is 7.59. The number of anilines is 1. The number of hydrogen-bond acceptors (Lipinski definition) is 7. The van der Waals surface area contributed by atoms with Crippen LogP contribution in [0.2, 0.25) is 0 Å². The molecule has 0 spiro atoms. The zero-order valence-corrected chi connectivity index (χ0v) is 15.0. The van der Waals surface area contributed by atoms with Crippen molar-refractivity contribution in [2.45, 2.75) is 19.4 Å². The number of fused-ring (bicyclic) bond motifs is 1. The molecule has 1 aliphatic heterocycles. The van der Waals surface area contributed by atoms with Gasteiger partial charge in [0, 0.05) is 25.6 Å². The summed E-state index contributed by atoms with van der Waals surface area (Å²) in [7, 11) is 0. The smallest absolute Gasteiger partial charge is 0.335 e. The average Bonchev–Trinajstić information content (AvgIpc) is 3.20. The van der Waals surface area contributed by atoms with E-state index in [1.807, 2.05) is 12.1 Å². The van der Waals surface area contributed by atoms with Crippen LogP contribution >= 0.6 is 0 Å². The van der Waals surface area contributed by atoms with E-state index in [0.29, 0.717) is 12.2 Å². The molecule has 1 aromatic carbocycles. The number of hydrogen-bond donors (Lipinski definition) is 2. The number of carbonyl (C=O) groups is 2. The minimum Gasteiger partial charge on any atom is -0.478 e. The normalized spacial score (nSPS) is 14.9. The fourth-order valence-corrected chi connectivity index (χ4v) is 3.28. The van der Waals surface area contributed by atoms with E-state index in [4.69, 9.17) is 5.11 Å². The minimum absolute atomic E-state index is 0.0193. The average molecular weight is 381 g/mol. The number of piperidine rings is 1. The first kappa shape index (κ1) is 17.8. The fraction of sp³-hybridized carbons (Fsp3) is 0.333. The Hall–Kier alpha value is -3.56. The predicted octanol–water partition coefficient (Wildman–Crippen LogP) is 0.750. The first-order chi connectivity index (χ1) is 13.6. The molecule has 4 rings (SSSR count). The molecule has 0 saturated carbocycles. The molecule has 2 aromatic heterocycles. The summed E-state index contributed by atoms with van der Waals surface area (Å²) in [5, 5.41) is 27.5. The van der Waals surface area contributed by atoms with Crippen LogP contribution in [0, 0.1) is 5.92 Å². The van der Waals surface area contributed by atoms with E-state index in [0.717, 1.165) is 37.3 Å². The number of benzene rings is 1. The van der Waals surface area contributed by atoms with Gasteiger partial charge in [-0.05, 0) is 53.1 Å². The Morgan fingerprint density at radius 2 is 1.86 bits per heavy atom. The van der Waals surface area contributed by atoms with Crippen molar-refractivity contribution in [1.29, 1.82) is 0 Å². The van der Waals surface area contributed by atoms with Crippen molar-refractivity contribution >= 4 is 23.3 Å². The standard InChI is InChI=1S/C18H19N7O3/c26-17(19-11-12-1-3-14(4-2-12)18(27)28)13-7-9-24(10-8-13)16-6-5-15-20-22-23-25(15)21-16/h1-6,13H,7-11H2,(H,19,26)(H,27,28). The first-order valence-electron chi connectivity index (χ1n) is 9.00. The molecule has 3 aromatic rings. The van der Waals surface area contributed by atoms with Crippen molar-refractivity contribution in [1.82, 2.24) is 30.6 Å². The molecule has 2 N–H and O–H groups in total. The molecule has 0 bridgehead atoms. The number of carboxylic acid groups (broad SMARTS) is 1. The third-order valence-electron chi connectivity index (χ3n) is 4.91. The maximum atomic E-state index is 12.5. The third-order valence-corrected chi connectivity index (χ3v) is 4.91. The van der Waals surface area contributed by atoms with Crippen LogP contribution in [0.25, 0.3) is 5.65 Å². The van der Waals surface area contributed by atoms with Gasteiger partial charge in [-0.2, -0.15) is 0 Å². The minimum atomic E-state index is -0.962. The van der Waals surface area contributed by atoms with E-state index in [9.17, 15) is 9.59 Å². The maximum absolute atomic E-state index is 12.5. The van der Waals surface area contributed by atoms with Crippen LogP contribution in [0.1, 0.15) is 28.8 Å². The highest BCUT2D eigenvalue weighted by atomic mass is 16.4. The van der Waals surface area contributed by atoms with Crippen molar-refractivity contribution < 1.29 is 14.7 Å². The summed E-state index contributed by atoms with van der Waals surface area (Å²) in [6.45, 7) is 1.84. The van der Waals surface area contributed by atoms with Crippen LogP contribution in [-0.2, 0) is 11.3 Å². The van der Waals surface area contributed by atoms with E-state index >= 15 is 0 Å². The van der Waals surface area contributed by atoms with Crippen LogP contribution in [0.3, 0.4) is 0 Å². The second-order valence-electron chi connectivity index (χ2n) is 6.70. The third kappa shape index (κ3) is 3.75. The van der Waals surface area contributed by atoms with Gasteiger partial charge >= 0.3 is 5.97 Å². The van der Waals surface area contributed by atoms with Crippen LogP contribution in [0.4, 0.5) is 5.82 Å². The number of carbonyl (C=O) groups excluding carboxylic acids is 1. The molecule has 1 saturated heterocycles. The Bertz CT molecular complexity index is 994. The highest BCUT2D eigenvalue weighted by molar-refractivity contribution is 5.87. The number of carboxylic acids is 1. The zero-order valence-electron chi connectivity index (χ0n) is 15.0. The van der Waals surface area contributed by atoms with Gasteiger partial charge in [0.05, 0.1) is 5.56 Å². The predicted molar refractivity (Wildman–Crippen MR) is 98.8 cm³/mol. The van der Waals surface area contributed by atoms with Gasteiger partial charge in [-0.15, -0.1) is 14.8 Å². The summed E-state index contributed by atoms with van der Waals surface area (Å²) in [4.78, 5) is 25.5. The summed E-state index contributed by atoms with van der Waals surface area (Å²) < 4.78 is 1.39. The Balaban J connectivity index is 1.29. The number of rotatable bonds is 5. The van der Waals surface area contributed by atoms with Gasteiger partial charge in [0.1, 0.15) is 0 Å². The molecule has 0 radical (unpaired) electrons. The number of nitrogens with zero attached hydrogens (tertiary/aromatic N) is 6. The Kier molecular flexibility index (Phi) is 4.83. The van der Waals surface area contributed by atoms with Crippen LogP contribution in [-0.4, -0.2) is 55.3 Å². The molecule has 0 aliphatic carbocycles. The first-order valence-corrected chi connectivity index (χ1v) is 9.00. The molecule has 10 nitrogen and oxygen atoms in total. The van der Waals surface area contributed by atoms with Crippen molar-refractivity contribution in [2.24, 2.45) is 5.92 Å². The van der Waals surface area contributed by atoms with Gasteiger partial charge in [-0.3, -0.25) is 4.79 Å². The van der Waals surface area contributed by atoms with E-state index in [1.165, 1.54) is 16.8 Å². The fourth-order valence-electron chi connectivity index (χ4n) is 3.28. The highest BCUT2D eigenvalue weighted by Gasteiger charge is 2.25. The molecule has 28 heavy (non-hydrogen) atoms. The van der Waals surface area contributed by atoms with Gasteiger partial charge in [0.25, 0.3) is 0 Å². The summed E-state index contributed by atoms with van der Waals surface area (Å²) in [6.07, 6.45) is 1.47. The summed E-state index contributed by atoms with van der Waals surface area (Å²) in [6, 6.07) is 10.2. The molecular formula is C18H19N7O3. The lowest BCUT2D eigenvalue weighted by atomic mass is 9.96. The second-order valence-corrected chi connectivity index (χ2v) is 6.70. The monoisotopic (exact) mass is 381 g/mol. The van der Waals surface area contributed by atoms with E-state index < -0.39 is 5.97 Å². The molecular weight excluding hydrogens is 362 g/mol. The van der Waals surface area contributed by atoms with Crippen molar-refractivity contribution in [3.63, 3.8) is 0 Å². The van der Waals surface area contributed by atoms with Gasteiger partial charge in [0.2, 0.25) is 5.91 Å². The number of amides is 1. The lowest BCUT2D eigenvalue weighted by Crippen LogP contribution is -2.40. The summed E-state index contributed by atoms with van der Waals surface area (Å²) in [5.41, 5.74) is 1.69. The van der Waals surface area contributed by atoms with Crippen LogP contribution in [0.15, 0.2) is 36.4 Å². The molecule has 144 valence electrons. The molecule has 10 heteroatoms. The molecule has 1 amide bonds. The quantitative estimate of drug-likeness (QED) is 0.663.